The van der Waals surface area contributed by atoms with Crippen molar-refractivity contribution in [2.45, 2.75) is 0 Å². The number of aromatic carboxylic acids is 10. The summed E-state index contributed by atoms with van der Waals surface area (Å²) in [5.74, 6) is -13.2. The Labute approximate surface area is 445 Å². The molecule has 4 aromatic heterocycles. The number of carboxylic acid groups (broad SMARTS) is 10. The van der Waals surface area contributed by atoms with E-state index in [1.54, 1.807) is 48.5 Å². The second kappa shape index (κ2) is 46.5. The summed E-state index contributed by atoms with van der Waals surface area (Å²) in [7, 11) is 0. The predicted octanol–water partition coefficient (Wildman–Crippen LogP) is -7.26. The van der Waals surface area contributed by atoms with Crippen LogP contribution >= 0.6 is 0 Å². The Hall–Kier alpha value is -9.54. The summed E-state index contributed by atoms with van der Waals surface area (Å²) in [4.78, 5) is 118. The molecule has 0 spiro atoms. The molecule has 0 fully saturated rings. The number of carboxylic acids is 10. The average molecular weight is 1180 g/mol. The predicted molar refractivity (Wildman–Crippen MR) is 238 cm³/mol. The molecular weight excluding hydrogens is 1140 g/mol. The SMILES string of the molecule is O.O.O.O.O.O.O.O.O=C(O)c1cc(C(=O)O)cc(C(=O)O)c1.O=C(O)c1cc(C(=O)O)cc(C(=O)O)c1.O=C([O-])c1ccccn1.O=C([O-])c1ccccn1.O=C([O-])c1ccccn1.O=C([O-])c1ccccn1.[Cu+2].[Cu+2]. The Kier molecular flexibility index (Phi) is 54.7. The quantitative estimate of drug-likeness (QED) is 0.0694. The third-order valence-electron chi connectivity index (χ3n) is 6.84. The van der Waals surface area contributed by atoms with Crippen molar-refractivity contribution in [1.29, 1.82) is 0 Å². The molecule has 2 aromatic carbocycles. The molecule has 76 heavy (non-hydrogen) atoms. The maximum absolute atomic E-state index is 10.6. The number of pyridine rings is 4. The maximum Gasteiger partial charge on any atom is 2.00 e. The molecule has 0 bridgehead atoms. The van der Waals surface area contributed by atoms with E-state index >= 15 is 0 Å². The topological polar surface area (TPSA) is 688 Å². The third-order valence-corrected chi connectivity index (χ3v) is 6.84. The van der Waals surface area contributed by atoms with E-state index in [2.05, 4.69) is 19.9 Å². The van der Waals surface area contributed by atoms with Crippen molar-refractivity contribution in [2.24, 2.45) is 0 Å². The van der Waals surface area contributed by atoms with E-state index in [1.807, 2.05) is 0 Å². The number of rotatable bonds is 10. The molecule has 6 aromatic rings. The molecule has 0 amide bonds. The first-order chi connectivity index (χ1) is 31.0. The molecule has 0 saturated carbocycles. The van der Waals surface area contributed by atoms with Crippen LogP contribution in [0.25, 0.3) is 0 Å². The summed E-state index contributed by atoms with van der Waals surface area (Å²) < 4.78 is 0. The molecule has 0 unspecified atom stereocenters. The summed E-state index contributed by atoms with van der Waals surface area (Å²) >= 11 is 0. The maximum atomic E-state index is 10.6. The zero-order valence-electron chi connectivity index (χ0n) is 37.5. The van der Waals surface area contributed by atoms with Gasteiger partial charge in [-0.1, -0.05) is 24.3 Å². The fourth-order valence-electron chi connectivity index (χ4n) is 3.93. The van der Waals surface area contributed by atoms with Gasteiger partial charge in [0.1, 0.15) is 0 Å². The molecular formula is C42H44Cu2N4O28. The molecule has 22 N–H and O–H groups in total. The molecule has 0 atom stereocenters. The van der Waals surface area contributed by atoms with Crippen LogP contribution in [0, 0.1) is 0 Å². The summed E-state index contributed by atoms with van der Waals surface area (Å²) in [5.41, 5.74) is -2.33. The van der Waals surface area contributed by atoms with Gasteiger partial charge in [0.15, 0.2) is 0 Å². The molecule has 0 aliphatic heterocycles. The van der Waals surface area contributed by atoms with E-state index in [0.717, 1.165) is 36.4 Å². The van der Waals surface area contributed by atoms with E-state index < -0.39 is 59.7 Å². The van der Waals surface area contributed by atoms with Crippen molar-refractivity contribution in [3.63, 3.8) is 0 Å². The molecule has 0 saturated heterocycles. The molecule has 422 valence electrons. The summed E-state index contributed by atoms with van der Waals surface area (Å²) in [5, 5.41) is 91.8. The first-order valence-corrected chi connectivity index (χ1v) is 17.2. The Bertz CT molecular complexity index is 2250. The van der Waals surface area contributed by atoms with Gasteiger partial charge in [0.2, 0.25) is 0 Å². The van der Waals surface area contributed by atoms with E-state index in [9.17, 15) is 68.4 Å². The monoisotopic (exact) mass is 1180 g/mol. The largest absolute Gasteiger partial charge is 2.00 e. The zero-order valence-corrected chi connectivity index (χ0v) is 39.4. The fraction of sp³-hybridized carbons (Fsp3) is 0. The van der Waals surface area contributed by atoms with E-state index in [1.165, 1.54) is 49.1 Å². The van der Waals surface area contributed by atoms with Gasteiger partial charge in [-0.15, -0.1) is 0 Å². The second-order valence-corrected chi connectivity index (χ2v) is 11.4. The van der Waals surface area contributed by atoms with Gasteiger partial charge in [0.25, 0.3) is 0 Å². The van der Waals surface area contributed by atoms with Gasteiger partial charge in [0, 0.05) is 24.8 Å². The van der Waals surface area contributed by atoms with Gasteiger partial charge in [-0.25, -0.2) is 28.8 Å². The molecule has 0 aliphatic rings. The minimum Gasteiger partial charge on any atom is -0.543 e. The Morgan fingerprint density at radius 2 is 0.408 bits per heavy atom. The Morgan fingerprint density at radius 1 is 0.276 bits per heavy atom. The smallest absolute Gasteiger partial charge is 0.543 e. The van der Waals surface area contributed by atoms with E-state index in [0.29, 0.717) is 0 Å². The van der Waals surface area contributed by atoms with Crippen LogP contribution in [0.15, 0.2) is 134 Å². The molecule has 32 nitrogen and oxygen atoms in total. The van der Waals surface area contributed by atoms with Crippen molar-refractivity contribution < 1.29 is 177 Å². The zero-order chi connectivity index (χ0) is 49.9. The third kappa shape index (κ3) is 34.7. The number of carbonyl (C=O) groups excluding carboxylic acids is 4. The molecule has 34 heteroatoms. The summed E-state index contributed by atoms with van der Waals surface area (Å²) in [6, 6.07) is 23.9. The van der Waals surface area contributed by atoms with Crippen molar-refractivity contribution in [1.82, 2.24) is 19.9 Å². The number of aromatic nitrogens is 4. The van der Waals surface area contributed by atoms with Crippen LogP contribution in [-0.4, -0.2) is 154 Å². The molecule has 6 rings (SSSR count). The number of carbonyl (C=O) groups is 10. The molecule has 2 radical (unpaired) electrons. The van der Waals surface area contributed by atoms with Gasteiger partial charge in [0.05, 0.1) is 80.0 Å². The minimum absolute atomic E-state index is 0. The van der Waals surface area contributed by atoms with Crippen LogP contribution in [0.2, 0.25) is 0 Å². The van der Waals surface area contributed by atoms with Crippen LogP contribution in [-0.2, 0) is 34.1 Å². The average Bonchev–Trinajstić information content (AvgIpc) is 3.30. The van der Waals surface area contributed by atoms with Crippen LogP contribution in [0.1, 0.15) is 104 Å². The van der Waals surface area contributed by atoms with Gasteiger partial charge >= 0.3 is 70.0 Å². The van der Waals surface area contributed by atoms with Crippen LogP contribution in [0.4, 0.5) is 0 Å². The van der Waals surface area contributed by atoms with Gasteiger partial charge in [-0.05, 0) is 84.9 Å². The normalized spacial score (nSPS) is 8.00. The van der Waals surface area contributed by atoms with Crippen LogP contribution in [0.5, 0.6) is 0 Å². The molecule has 0 aliphatic carbocycles. The Balaban J connectivity index is -0.0000000849. The van der Waals surface area contributed by atoms with Gasteiger partial charge < -0.3 is 114 Å². The van der Waals surface area contributed by atoms with Gasteiger partial charge in [-0.2, -0.15) is 0 Å². The first-order valence-electron chi connectivity index (χ1n) is 17.2. The fourth-order valence-corrected chi connectivity index (χ4v) is 3.93. The van der Waals surface area contributed by atoms with Crippen molar-refractivity contribution >= 4 is 59.7 Å². The van der Waals surface area contributed by atoms with Crippen molar-refractivity contribution in [2.75, 3.05) is 0 Å². The number of hydrogen-bond acceptors (Lipinski definition) is 18. The number of nitrogens with zero attached hydrogens (tertiary/aromatic N) is 4. The molecule has 4 heterocycles. The second-order valence-electron chi connectivity index (χ2n) is 11.4. The van der Waals surface area contributed by atoms with E-state index in [-0.39, 0.29) is 134 Å². The number of benzene rings is 2. The Morgan fingerprint density at radius 3 is 0.474 bits per heavy atom. The van der Waals surface area contributed by atoms with E-state index in [4.69, 9.17) is 30.6 Å². The summed E-state index contributed by atoms with van der Waals surface area (Å²) in [6.07, 6.45) is 5.63. The summed E-state index contributed by atoms with van der Waals surface area (Å²) in [6.45, 7) is 0. The van der Waals surface area contributed by atoms with Crippen molar-refractivity contribution in [3.8, 4) is 0 Å². The number of hydrogen-bond donors (Lipinski definition) is 6. The van der Waals surface area contributed by atoms with Crippen LogP contribution < -0.4 is 20.4 Å². The minimum atomic E-state index is -1.37. The first kappa shape index (κ1) is 89.3. The van der Waals surface area contributed by atoms with Crippen molar-refractivity contribution in [3.05, 3.63) is 190 Å². The van der Waals surface area contributed by atoms with Gasteiger partial charge in [-0.3, -0.25) is 19.9 Å². The van der Waals surface area contributed by atoms with Crippen LogP contribution in [0.3, 0.4) is 0 Å². The standard InChI is InChI=1S/2C9H6O6.4C6H5NO2.2Cu.8H2O/c2*10-7(11)4-1-5(8(12)13)3-6(2-4)9(14)15;4*8-6(9)5-3-1-2-4-7-5;;;;;;;;;;/h2*1-3H,(H,10,11)(H,12,13)(H,14,15);4*1-4H,(H,8,9);;;8*1H2/q;;;;;;2*+2;;;;;;;;/p-4.